The van der Waals surface area contributed by atoms with Gasteiger partial charge in [-0.1, -0.05) is 25.5 Å². The van der Waals surface area contributed by atoms with Crippen LogP contribution in [0.1, 0.15) is 38.0 Å². The van der Waals surface area contributed by atoms with Gasteiger partial charge in [0, 0.05) is 13.1 Å². The highest BCUT2D eigenvalue weighted by atomic mass is 16.6. The first-order chi connectivity index (χ1) is 8.95. The first-order valence-electron chi connectivity index (χ1n) is 6.09. The predicted octanol–water partition coefficient (Wildman–Crippen LogP) is 3.35. The number of benzene rings is 1. The molecule has 6 nitrogen and oxygen atoms in total. The summed E-state index contributed by atoms with van der Waals surface area (Å²) < 4.78 is 4.98. The number of alkyl carbamates (subject to hydrolysis) is 1. The molecule has 0 spiro atoms. The number of carbonyl (C=O) groups is 1. The highest BCUT2D eigenvalue weighted by Gasteiger charge is 2.21. The molecule has 106 valence electrons. The lowest BCUT2D eigenvalue weighted by molar-refractivity contribution is -0.386. The van der Waals surface area contributed by atoms with E-state index in [4.69, 9.17) is 4.74 Å². The molecule has 1 unspecified atom stereocenters. The van der Waals surface area contributed by atoms with Crippen molar-refractivity contribution in [1.29, 1.82) is 0 Å². The molecule has 0 aromatic heterocycles. The van der Waals surface area contributed by atoms with Crippen molar-refractivity contribution in [2.75, 3.05) is 7.05 Å². The van der Waals surface area contributed by atoms with Crippen LogP contribution >= 0.6 is 0 Å². The Morgan fingerprint density at radius 1 is 1.42 bits per heavy atom. The quantitative estimate of drug-likeness (QED) is 0.673. The summed E-state index contributed by atoms with van der Waals surface area (Å²) in [4.78, 5) is 21.4. The smallest absolute Gasteiger partial charge is 0.407 e. The van der Waals surface area contributed by atoms with E-state index < -0.39 is 17.1 Å². The third-order valence-corrected chi connectivity index (χ3v) is 2.31. The van der Waals surface area contributed by atoms with Crippen LogP contribution in [0.5, 0.6) is 0 Å². The first-order valence-corrected chi connectivity index (χ1v) is 6.09. The van der Waals surface area contributed by atoms with Crippen LogP contribution in [-0.2, 0) is 4.74 Å². The molecule has 0 aliphatic rings. The van der Waals surface area contributed by atoms with Gasteiger partial charge in [0.1, 0.15) is 6.10 Å². The Kier molecular flexibility index (Phi) is 7.18. The van der Waals surface area contributed by atoms with Crippen LogP contribution in [0.2, 0.25) is 0 Å². The van der Waals surface area contributed by atoms with Gasteiger partial charge in [-0.3, -0.25) is 10.1 Å². The largest absolute Gasteiger partial charge is 0.441 e. The van der Waals surface area contributed by atoms with Gasteiger partial charge in [0.2, 0.25) is 0 Å². The average Bonchev–Trinajstić information content (AvgIpc) is 2.40. The molecule has 0 aliphatic carbocycles. The molecule has 1 amide bonds. The average molecular weight is 268 g/mol. The van der Waals surface area contributed by atoms with Gasteiger partial charge in [-0.05, 0) is 19.9 Å². The Morgan fingerprint density at radius 2 is 2.00 bits per heavy atom. The minimum absolute atomic E-state index is 0.0491. The molecule has 1 aromatic carbocycles. The number of hydrogen-bond donors (Lipinski definition) is 1. The number of nitro benzene ring substituents is 1. The summed E-state index contributed by atoms with van der Waals surface area (Å²) >= 11 is 0. The molecule has 0 aliphatic heterocycles. The highest BCUT2D eigenvalue weighted by Crippen LogP contribution is 2.28. The monoisotopic (exact) mass is 268 g/mol. The van der Waals surface area contributed by atoms with Gasteiger partial charge in [-0.15, -0.1) is 0 Å². The lowest BCUT2D eigenvalue weighted by Gasteiger charge is -2.13. The van der Waals surface area contributed by atoms with Crippen molar-refractivity contribution < 1.29 is 14.5 Å². The third kappa shape index (κ3) is 4.95. The highest BCUT2D eigenvalue weighted by molar-refractivity contribution is 5.67. The van der Waals surface area contributed by atoms with Crippen molar-refractivity contribution in [3.63, 3.8) is 0 Å². The second kappa shape index (κ2) is 8.07. The molecular formula is C13H20N2O4. The first kappa shape index (κ1) is 16.9. The fourth-order valence-corrected chi connectivity index (χ4v) is 1.45. The Bertz CT molecular complexity index is 446. The van der Waals surface area contributed by atoms with E-state index in [-0.39, 0.29) is 5.69 Å². The van der Waals surface area contributed by atoms with Gasteiger partial charge in [0.15, 0.2) is 0 Å². The minimum atomic E-state index is -0.671. The topological polar surface area (TPSA) is 81.5 Å². The zero-order valence-electron chi connectivity index (χ0n) is 11.9. The van der Waals surface area contributed by atoms with Crippen molar-refractivity contribution >= 4 is 11.8 Å². The molecule has 0 heterocycles. The molecular weight excluding hydrogens is 248 g/mol. The molecule has 0 radical (unpaired) electrons. The summed E-state index contributed by atoms with van der Waals surface area (Å²) in [6.45, 7) is 7.41. The van der Waals surface area contributed by atoms with Gasteiger partial charge in [-0.2, -0.15) is 0 Å². The number of nitro groups is 1. The SMILES string of the molecule is CC.CNC(=O)OC(C)c1cc(C)ccc1[N+](=O)[O-]. The molecule has 1 N–H and O–H groups in total. The van der Waals surface area contributed by atoms with E-state index in [2.05, 4.69) is 5.32 Å². The summed E-state index contributed by atoms with van der Waals surface area (Å²) in [5.41, 5.74) is 1.21. The van der Waals surface area contributed by atoms with Crippen molar-refractivity contribution in [2.45, 2.75) is 33.8 Å². The third-order valence-electron chi connectivity index (χ3n) is 2.31. The number of amides is 1. The fraction of sp³-hybridized carbons (Fsp3) is 0.462. The van der Waals surface area contributed by atoms with Gasteiger partial charge >= 0.3 is 6.09 Å². The molecule has 1 atom stereocenters. The molecule has 1 rings (SSSR count). The summed E-state index contributed by atoms with van der Waals surface area (Å²) in [6.07, 6.45) is -1.29. The van der Waals surface area contributed by atoms with Crippen LogP contribution in [0, 0.1) is 17.0 Å². The van der Waals surface area contributed by atoms with Crippen molar-refractivity contribution in [3.8, 4) is 0 Å². The second-order valence-electron chi connectivity index (χ2n) is 3.62. The normalized spacial score (nSPS) is 10.8. The number of carbonyl (C=O) groups excluding carboxylic acids is 1. The van der Waals surface area contributed by atoms with E-state index in [0.717, 1.165) is 5.56 Å². The lowest BCUT2D eigenvalue weighted by atomic mass is 10.1. The van der Waals surface area contributed by atoms with Crippen LogP contribution in [-0.4, -0.2) is 18.1 Å². The van der Waals surface area contributed by atoms with Crippen LogP contribution in [0.25, 0.3) is 0 Å². The molecule has 0 bridgehead atoms. The van der Waals surface area contributed by atoms with Crippen molar-refractivity contribution in [3.05, 3.63) is 39.4 Å². The zero-order chi connectivity index (χ0) is 15.0. The number of ether oxygens (including phenoxy) is 1. The molecule has 1 aromatic rings. The molecule has 19 heavy (non-hydrogen) atoms. The maximum atomic E-state index is 11.1. The van der Waals surface area contributed by atoms with E-state index in [0.29, 0.717) is 5.56 Å². The van der Waals surface area contributed by atoms with Gasteiger partial charge in [0.25, 0.3) is 5.69 Å². The zero-order valence-corrected chi connectivity index (χ0v) is 11.9. The van der Waals surface area contributed by atoms with E-state index in [1.807, 2.05) is 20.8 Å². The van der Waals surface area contributed by atoms with Gasteiger partial charge in [0.05, 0.1) is 10.5 Å². The van der Waals surface area contributed by atoms with Gasteiger partial charge < -0.3 is 10.1 Å². The van der Waals surface area contributed by atoms with Crippen LogP contribution in [0.4, 0.5) is 10.5 Å². The number of aryl methyl sites for hydroxylation is 1. The van der Waals surface area contributed by atoms with Crippen LogP contribution in [0.15, 0.2) is 18.2 Å². The number of nitrogens with zero attached hydrogens (tertiary/aromatic N) is 1. The Balaban J connectivity index is 0.00000154. The number of nitrogens with one attached hydrogen (secondary N) is 1. The Labute approximate surface area is 112 Å². The summed E-state index contributed by atoms with van der Waals surface area (Å²) in [5, 5.41) is 13.1. The lowest BCUT2D eigenvalue weighted by Crippen LogP contribution is -2.21. The molecule has 0 fully saturated rings. The Morgan fingerprint density at radius 3 is 2.47 bits per heavy atom. The van der Waals surface area contributed by atoms with Crippen LogP contribution in [0.3, 0.4) is 0 Å². The maximum Gasteiger partial charge on any atom is 0.407 e. The summed E-state index contributed by atoms with van der Waals surface area (Å²) in [5.74, 6) is 0. The summed E-state index contributed by atoms with van der Waals surface area (Å²) in [6, 6.07) is 4.70. The van der Waals surface area contributed by atoms with Gasteiger partial charge in [-0.25, -0.2) is 4.79 Å². The van der Waals surface area contributed by atoms with Crippen molar-refractivity contribution in [2.24, 2.45) is 0 Å². The van der Waals surface area contributed by atoms with Crippen LogP contribution < -0.4 is 5.32 Å². The second-order valence-corrected chi connectivity index (χ2v) is 3.62. The number of rotatable bonds is 3. The molecule has 0 saturated carbocycles. The standard InChI is InChI=1S/C11H14N2O4.C2H6/c1-7-4-5-10(13(15)16)9(6-7)8(2)17-11(14)12-3;1-2/h4-6,8H,1-3H3,(H,12,14);1-2H3. The van der Waals surface area contributed by atoms with E-state index >= 15 is 0 Å². The fourth-order valence-electron chi connectivity index (χ4n) is 1.45. The minimum Gasteiger partial charge on any atom is -0.441 e. The maximum absolute atomic E-state index is 11.1. The predicted molar refractivity (Wildman–Crippen MR) is 73.1 cm³/mol. The molecule has 0 saturated heterocycles. The summed E-state index contributed by atoms with van der Waals surface area (Å²) in [7, 11) is 1.43. The van der Waals surface area contributed by atoms with E-state index in [1.54, 1.807) is 19.1 Å². The number of hydrogen-bond acceptors (Lipinski definition) is 4. The van der Waals surface area contributed by atoms with E-state index in [1.165, 1.54) is 13.1 Å². The Hall–Kier alpha value is -2.11. The van der Waals surface area contributed by atoms with E-state index in [9.17, 15) is 14.9 Å². The van der Waals surface area contributed by atoms with Crippen molar-refractivity contribution in [1.82, 2.24) is 5.32 Å². The molecule has 6 heteroatoms.